The number of rotatable bonds is 6. The lowest BCUT2D eigenvalue weighted by atomic mass is 10.1. The molecule has 104 valence electrons. The van der Waals surface area contributed by atoms with E-state index in [0.717, 1.165) is 19.3 Å². The van der Waals surface area contributed by atoms with Gasteiger partial charge in [-0.1, -0.05) is 19.8 Å². The Morgan fingerprint density at radius 3 is 2.72 bits per heavy atom. The fourth-order valence-corrected chi connectivity index (χ4v) is 1.96. The molecule has 1 rings (SSSR count). The summed E-state index contributed by atoms with van der Waals surface area (Å²) in [4.78, 5) is 22.7. The molecule has 1 saturated heterocycles. The molecule has 6 heteroatoms. The number of hydrogen-bond donors (Lipinski definition) is 3. The van der Waals surface area contributed by atoms with Crippen molar-refractivity contribution in [3.63, 3.8) is 0 Å². The lowest BCUT2D eigenvalue weighted by Gasteiger charge is -2.19. The third kappa shape index (κ3) is 4.52. The van der Waals surface area contributed by atoms with Crippen LogP contribution in [0.5, 0.6) is 0 Å². The van der Waals surface area contributed by atoms with Crippen molar-refractivity contribution in [2.45, 2.75) is 57.7 Å². The number of unbranched alkanes of at least 4 members (excludes halogenated alkanes) is 1. The first-order valence-corrected chi connectivity index (χ1v) is 6.46. The molecule has 3 atom stereocenters. The fourth-order valence-electron chi connectivity index (χ4n) is 1.96. The van der Waals surface area contributed by atoms with E-state index in [1.54, 1.807) is 0 Å². The molecule has 1 fully saturated rings. The summed E-state index contributed by atoms with van der Waals surface area (Å²) in [7, 11) is 0. The number of aliphatic carboxylic acids is 1. The zero-order valence-corrected chi connectivity index (χ0v) is 10.9. The average molecular weight is 258 g/mol. The molecule has 6 nitrogen and oxygen atoms in total. The van der Waals surface area contributed by atoms with E-state index in [1.165, 1.54) is 0 Å². The Morgan fingerprint density at radius 1 is 1.50 bits per heavy atom. The molecule has 0 spiro atoms. The van der Waals surface area contributed by atoms with E-state index >= 15 is 0 Å². The Morgan fingerprint density at radius 2 is 2.22 bits per heavy atom. The first kappa shape index (κ1) is 14.8. The number of carbonyl (C=O) groups excluding carboxylic acids is 1. The van der Waals surface area contributed by atoms with Crippen molar-refractivity contribution in [3.8, 4) is 0 Å². The van der Waals surface area contributed by atoms with Gasteiger partial charge in [0.1, 0.15) is 6.04 Å². The van der Waals surface area contributed by atoms with Gasteiger partial charge in [0.2, 0.25) is 0 Å². The van der Waals surface area contributed by atoms with Gasteiger partial charge in [-0.25, -0.2) is 9.59 Å². The van der Waals surface area contributed by atoms with Gasteiger partial charge in [-0.3, -0.25) is 0 Å². The van der Waals surface area contributed by atoms with E-state index in [9.17, 15) is 9.59 Å². The van der Waals surface area contributed by atoms with Crippen LogP contribution in [-0.4, -0.2) is 41.9 Å². The third-order valence-electron chi connectivity index (χ3n) is 3.14. The van der Waals surface area contributed by atoms with Gasteiger partial charge in [-0.15, -0.1) is 0 Å². The van der Waals surface area contributed by atoms with E-state index in [0.29, 0.717) is 13.0 Å². The van der Waals surface area contributed by atoms with Crippen molar-refractivity contribution in [1.29, 1.82) is 0 Å². The first-order valence-electron chi connectivity index (χ1n) is 6.46. The average Bonchev–Trinajstić information content (AvgIpc) is 2.70. The number of ether oxygens (including phenoxy) is 1. The van der Waals surface area contributed by atoms with Gasteiger partial charge >= 0.3 is 12.0 Å². The normalized spacial score (nSPS) is 24.6. The number of carboxylic acids is 1. The summed E-state index contributed by atoms with van der Waals surface area (Å²) >= 11 is 0. The maximum Gasteiger partial charge on any atom is 0.326 e. The maximum absolute atomic E-state index is 11.7. The van der Waals surface area contributed by atoms with Crippen LogP contribution in [0.4, 0.5) is 4.79 Å². The number of carbonyl (C=O) groups is 2. The van der Waals surface area contributed by atoms with Crippen molar-refractivity contribution in [3.05, 3.63) is 0 Å². The largest absolute Gasteiger partial charge is 0.480 e. The van der Waals surface area contributed by atoms with Crippen LogP contribution in [0, 0.1) is 0 Å². The molecule has 1 aliphatic rings. The summed E-state index contributed by atoms with van der Waals surface area (Å²) in [6.45, 7) is 4.50. The molecule has 0 aromatic heterocycles. The molecular formula is C12H22N2O4. The lowest BCUT2D eigenvalue weighted by Crippen LogP contribution is -2.50. The Kier molecular flexibility index (Phi) is 5.91. The van der Waals surface area contributed by atoms with Crippen LogP contribution < -0.4 is 10.6 Å². The summed E-state index contributed by atoms with van der Waals surface area (Å²) in [5.74, 6) is -0.991. The van der Waals surface area contributed by atoms with Crippen LogP contribution in [0.2, 0.25) is 0 Å². The SMILES string of the molecule is CCCCC(NC(=O)NC1CCOC1C)C(=O)O. The van der Waals surface area contributed by atoms with Crippen LogP contribution in [0.15, 0.2) is 0 Å². The molecule has 0 radical (unpaired) electrons. The molecule has 0 bridgehead atoms. The van der Waals surface area contributed by atoms with Crippen molar-refractivity contribution in [1.82, 2.24) is 10.6 Å². The quantitative estimate of drug-likeness (QED) is 0.666. The smallest absolute Gasteiger partial charge is 0.326 e. The van der Waals surface area contributed by atoms with Crippen LogP contribution in [-0.2, 0) is 9.53 Å². The second kappa shape index (κ2) is 7.20. The molecular weight excluding hydrogens is 236 g/mol. The number of carboxylic acid groups (broad SMARTS) is 1. The minimum atomic E-state index is -0.991. The van der Waals surface area contributed by atoms with Crippen LogP contribution in [0.1, 0.15) is 39.5 Å². The van der Waals surface area contributed by atoms with Crippen molar-refractivity contribution < 1.29 is 19.4 Å². The molecule has 0 saturated carbocycles. The first-order chi connectivity index (χ1) is 8.54. The van der Waals surface area contributed by atoms with Gasteiger partial charge < -0.3 is 20.5 Å². The van der Waals surface area contributed by atoms with Crippen LogP contribution >= 0.6 is 0 Å². The van der Waals surface area contributed by atoms with E-state index in [1.807, 2.05) is 13.8 Å². The molecule has 0 aromatic rings. The zero-order valence-electron chi connectivity index (χ0n) is 10.9. The highest BCUT2D eigenvalue weighted by Gasteiger charge is 2.27. The second-order valence-electron chi connectivity index (χ2n) is 4.62. The van der Waals surface area contributed by atoms with E-state index < -0.39 is 18.0 Å². The highest BCUT2D eigenvalue weighted by Crippen LogP contribution is 2.12. The maximum atomic E-state index is 11.7. The number of nitrogens with one attached hydrogen (secondary N) is 2. The topological polar surface area (TPSA) is 87.7 Å². The molecule has 1 aliphatic heterocycles. The summed E-state index contributed by atoms with van der Waals surface area (Å²) in [5, 5.41) is 14.2. The number of urea groups is 1. The van der Waals surface area contributed by atoms with Crippen LogP contribution in [0.25, 0.3) is 0 Å². The minimum Gasteiger partial charge on any atom is -0.480 e. The van der Waals surface area contributed by atoms with Gasteiger partial charge in [0.15, 0.2) is 0 Å². The number of hydrogen-bond acceptors (Lipinski definition) is 3. The van der Waals surface area contributed by atoms with E-state index in [-0.39, 0.29) is 12.1 Å². The lowest BCUT2D eigenvalue weighted by molar-refractivity contribution is -0.139. The summed E-state index contributed by atoms with van der Waals surface area (Å²) in [6.07, 6.45) is 2.88. The molecule has 1 heterocycles. The highest BCUT2D eigenvalue weighted by molar-refractivity contribution is 5.82. The Balaban J connectivity index is 2.38. The molecule has 0 aromatic carbocycles. The molecule has 3 N–H and O–H groups in total. The molecule has 2 amide bonds. The Labute approximate surface area is 107 Å². The zero-order chi connectivity index (χ0) is 13.5. The third-order valence-corrected chi connectivity index (χ3v) is 3.14. The monoisotopic (exact) mass is 258 g/mol. The van der Waals surface area contributed by atoms with E-state index in [2.05, 4.69) is 10.6 Å². The predicted molar refractivity (Wildman–Crippen MR) is 66.4 cm³/mol. The van der Waals surface area contributed by atoms with Crippen LogP contribution in [0.3, 0.4) is 0 Å². The van der Waals surface area contributed by atoms with Gasteiger partial charge in [-0.05, 0) is 19.8 Å². The van der Waals surface area contributed by atoms with Crippen molar-refractivity contribution >= 4 is 12.0 Å². The predicted octanol–water partition coefficient (Wildman–Crippen LogP) is 1.11. The summed E-state index contributed by atoms with van der Waals surface area (Å²) < 4.78 is 5.32. The van der Waals surface area contributed by atoms with Crippen molar-refractivity contribution in [2.24, 2.45) is 0 Å². The molecule has 0 aliphatic carbocycles. The van der Waals surface area contributed by atoms with Gasteiger partial charge in [0.05, 0.1) is 12.1 Å². The Bertz CT molecular complexity index is 296. The summed E-state index contributed by atoms with van der Waals surface area (Å²) in [6, 6.07) is -1.28. The minimum absolute atomic E-state index is 0.0188. The summed E-state index contributed by atoms with van der Waals surface area (Å²) in [5.41, 5.74) is 0. The molecule has 18 heavy (non-hydrogen) atoms. The van der Waals surface area contributed by atoms with Gasteiger partial charge in [0.25, 0.3) is 0 Å². The number of amides is 2. The standard InChI is InChI=1S/C12H22N2O4/c1-3-4-5-10(11(15)16)14-12(17)13-9-6-7-18-8(9)2/h8-10H,3-7H2,1-2H3,(H,15,16)(H2,13,14,17). The fraction of sp³-hybridized carbons (Fsp3) is 0.833. The molecule has 3 unspecified atom stereocenters. The second-order valence-corrected chi connectivity index (χ2v) is 4.62. The van der Waals surface area contributed by atoms with Gasteiger partial charge in [0, 0.05) is 6.61 Å². The Hall–Kier alpha value is -1.30. The van der Waals surface area contributed by atoms with Gasteiger partial charge in [-0.2, -0.15) is 0 Å². The highest BCUT2D eigenvalue weighted by atomic mass is 16.5. The van der Waals surface area contributed by atoms with Crippen molar-refractivity contribution in [2.75, 3.05) is 6.61 Å². The van der Waals surface area contributed by atoms with E-state index in [4.69, 9.17) is 9.84 Å².